The second-order valence-corrected chi connectivity index (χ2v) is 9.22. The number of aromatic nitrogens is 2. The number of hydrogen-bond donors (Lipinski definition) is 1. The second kappa shape index (κ2) is 9.52. The summed E-state index contributed by atoms with van der Waals surface area (Å²) in [5.41, 5.74) is 1.94. The Morgan fingerprint density at radius 1 is 1.09 bits per heavy atom. The molecular weight excluding hydrogens is 420 g/mol. The first-order chi connectivity index (χ1) is 15.8. The van der Waals surface area contributed by atoms with Crippen LogP contribution in [0.15, 0.2) is 55.0 Å². The number of hydrogen-bond acceptors (Lipinski definition) is 5. The van der Waals surface area contributed by atoms with Crippen LogP contribution in [0.25, 0.3) is 5.65 Å². The number of benzene rings is 1. The number of carbonyl (C=O) groups excluding carboxylic acids is 2. The molecule has 8 nitrogen and oxygen atoms in total. The van der Waals surface area contributed by atoms with Gasteiger partial charge in [-0.25, -0.2) is 9.78 Å². The molecule has 1 saturated heterocycles. The quantitative estimate of drug-likeness (QED) is 0.634. The molecule has 1 N–H and O–H groups in total. The first-order valence-corrected chi connectivity index (χ1v) is 11.2. The van der Waals surface area contributed by atoms with Crippen LogP contribution in [0.1, 0.15) is 49.5 Å². The fraction of sp³-hybridized carbons (Fsp3) is 0.400. The number of imidazole rings is 1. The molecule has 0 unspecified atom stereocenters. The maximum absolute atomic E-state index is 12.5. The molecule has 1 aliphatic heterocycles. The molecule has 0 atom stereocenters. The number of piperidine rings is 1. The lowest BCUT2D eigenvalue weighted by Crippen LogP contribution is -2.44. The molecule has 3 heterocycles. The van der Waals surface area contributed by atoms with Gasteiger partial charge in [-0.1, -0.05) is 6.07 Å². The summed E-state index contributed by atoms with van der Waals surface area (Å²) >= 11 is 0. The highest BCUT2D eigenvalue weighted by Gasteiger charge is 2.27. The van der Waals surface area contributed by atoms with E-state index in [0.717, 1.165) is 24.1 Å². The summed E-state index contributed by atoms with van der Waals surface area (Å²) in [6.07, 6.45) is 6.80. The number of pyridine rings is 1. The molecule has 0 bridgehead atoms. The van der Waals surface area contributed by atoms with E-state index in [1.807, 2.05) is 61.8 Å². The average Bonchev–Trinajstić information content (AvgIpc) is 3.25. The van der Waals surface area contributed by atoms with Gasteiger partial charge < -0.3 is 24.1 Å². The first-order valence-electron chi connectivity index (χ1n) is 11.2. The van der Waals surface area contributed by atoms with E-state index in [-0.39, 0.29) is 18.1 Å². The van der Waals surface area contributed by atoms with Crippen LogP contribution in [-0.2, 0) is 11.3 Å². The molecule has 2 aromatic heterocycles. The third-order valence-electron chi connectivity index (χ3n) is 5.42. The Bertz CT molecular complexity index is 1110. The normalized spacial score (nSPS) is 14.8. The van der Waals surface area contributed by atoms with Crippen LogP contribution in [0.4, 0.5) is 4.79 Å². The number of nitrogens with zero attached hydrogens (tertiary/aromatic N) is 3. The minimum atomic E-state index is -0.494. The Kier molecular flexibility index (Phi) is 6.53. The van der Waals surface area contributed by atoms with Gasteiger partial charge in [-0.3, -0.25) is 4.79 Å². The van der Waals surface area contributed by atoms with Gasteiger partial charge in [-0.15, -0.1) is 0 Å². The Balaban J connectivity index is 1.24. The van der Waals surface area contributed by atoms with Crippen LogP contribution in [0.5, 0.6) is 5.75 Å². The van der Waals surface area contributed by atoms with E-state index in [4.69, 9.17) is 9.47 Å². The first kappa shape index (κ1) is 22.6. The van der Waals surface area contributed by atoms with Crippen molar-refractivity contribution in [3.63, 3.8) is 0 Å². The summed E-state index contributed by atoms with van der Waals surface area (Å²) in [4.78, 5) is 30.6. The van der Waals surface area contributed by atoms with Gasteiger partial charge in [0, 0.05) is 56.6 Å². The zero-order valence-corrected chi connectivity index (χ0v) is 19.3. The van der Waals surface area contributed by atoms with Gasteiger partial charge in [-0.05, 0) is 56.7 Å². The topological polar surface area (TPSA) is 85.2 Å². The van der Waals surface area contributed by atoms with Crippen LogP contribution in [0, 0.1) is 0 Å². The Hall–Kier alpha value is -3.55. The van der Waals surface area contributed by atoms with Crippen molar-refractivity contribution in [3.05, 3.63) is 66.1 Å². The van der Waals surface area contributed by atoms with Crippen molar-refractivity contribution in [3.8, 4) is 5.75 Å². The molecule has 4 rings (SSSR count). The van der Waals surface area contributed by atoms with E-state index < -0.39 is 5.60 Å². The van der Waals surface area contributed by atoms with E-state index >= 15 is 0 Å². The van der Waals surface area contributed by atoms with Gasteiger partial charge in [0.2, 0.25) is 0 Å². The maximum atomic E-state index is 12.5. The van der Waals surface area contributed by atoms with Crippen LogP contribution >= 0.6 is 0 Å². The number of ether oxygens (including phenoxy) is 2. The Labute approximate surface area is 193 Å². The van der Waals surface area contributed by atoms with Crippen molar-refractivity contribution in [1.82, 2.24) is 19.6 Å². The van der Waals surface area contributed by atoms with E-state index in [1.54, 1.807) is 23.2 Å². The van der Waals surface area contributed by atoms with Crippen molar-refractivity contribution < 1.29 is 19.1 Å². The minimum absolute atomic E-state index is 0.0291. The second-order valence-electron chi connectivity index (χ2n) is 9.22. The molecule has 0 saturated carbocycles. The fourth-order valence-electron chi connectivity index (χ4n) is 3.72. The van der Waals surface area contributed by atoms with Gasteiger partial charge in [0.05, 0.1) is 0 Å². The summed E-state index contributed by atoms with van der Waals surface area (Å²) in [6, 6.07) is 11.0. The third-order valence-corrected chi connectivity index (χ3v) is 5.42. The molecule has 0 spiro atoms. The van der Waals surface area contributed by atoms with Gasteiger partial charge in [0.1, 0.15) is 23.1 Å². The van der Waals surface area contributed by atoms with E-state index in [9.17, 15) is 9.59 Å². The highest BCUT2D eigenvalue weighted by molar-refractivity contribution is 5.94. The molecule has 33 heavy (non-hydrogen) atoms. The van der Waals surface area contributed by atoms with Gasteiger partial charge in [0.15, 0.2) is 0 Å². The lowest BCUT2D eigenvalue weighted by molar-refractivity contribution is 0.0126. The zero-order valence-electron chi connectivity index (χ0n) is 19.3. The maximum Gasteiger partial charge on any atom is 0.410 e. The lowest BCUT2D eigenvalue weighted by atomic mass is 10.1. The van der Waals surface area contributed by atoms with E-state index in [0.29, 0.717) is 30.9 Å². The number of rotatable bonds is 5. The van der Waals surface area contributed by atoms with E-state index in [2.05, 4.69) is 10.3 Å². The highest BCUT2D eigenvalue weighted by Crippen LogP contribution is 2.21. The minimum Gasteiger partial charge on any atom is -0.490 e. The highest BCUT2D eigenvalue weighted by atomic mass is 16.6. The molecule has 3 aromatic rings. The molecular formula is C25H30N4O4. The third kappa shape index (κ3) is 6.03. The van der Waals surface area contributed by atoms with Gasteiger partial charge in [0.25, 0.3) is 5.91 Å². The van der Waals surface area contributed by atoms with Crippen LogP contribution in [-0.4, -0.2) is 51.1 Å². The summed E-state index contributed by atoms with van der Waals surface area (Å²) < 4.78 is 13.4. The standard InChI is InChI=1S/C25H30N4O4/c1-25(2,3)33-24(31)28-13-10-21(11-14-28)32-20-7-5-19(6-8-20)23(30)27-16-18-4-9-22-26-12-15-29(22)17-18/h4-9,12,15,17,21H,10-11,13-14,16H2,1-3H3,(H,27,30). The monoisotopic (exact) mass is 450 g/mol. The Morgan fingerprint density at radius 3 is 2.52 bits per heavy atom. The van der Waals surface area contributed by atoms with Crippen molar-refractivity contribution in [2.24, 2.45) is 0 Å². The molecule has 2 amide bonds. The summed E-state index contributed by atoms with van der Waals surface area (Å²) in [7, 11) is 0. The van der Waals surface area contributed by atoms with Crippen molar-refractivity contribution in [2.45, 2.75) is 51.9 Å². The SMILES string of the molecule is CC(C)(C)OC(=O)N1CCC(Oc2ccc(C(=O)NCc3ccc4nccn4c3)cc2)CC1. The molecule has 1 aliphatic rings. The van der Waals surface area contributed by atoms with Crippen LogP contribution < -0.4 is 10.1 Å². The summed E-state index contributed by atoms with van der Waals surface area (Å²) in [6.45, 7) is 7.23. The number of nitrogens with one attached hydrogen (secondary N) is 1. The van der Waals surface area contributed by atoms with E-state index in [1.165, 1.54) is 0 Å². The lowest BCUT2D eigenvalue weighted by Gasteiger charge is -2.33. The molecule has 174 valence electrons. The molecule has 0 radical (unpaired) electrons. The largest absolute Gasteiger partial charge is 0.490 e. The van der Waals surface area contributed by atoms with Gasteiger partial charge >= 0.3 is 6.09 Å². The molecule has 1 aromatic carbocycles. The number of likely N-dealkylation sites (tertiary alicyclic amines) is 1. The molecule has 0 aliphatic carbocycles. The van der Waals surface area contributed by atoms with Crippen LogP contribution in [0.3, 0.4) is 0 Å². The summed E-state index contributed by atoms with van der Waals surface area (Å²) in [5.74, 6) is 0.575. The fourth-order valence-corrected chi connectivity index (χ4v) is 3.72. The molecule has 1 fully saturated rings. The molecule has 8 heteroatoms. The van der Waals surface area contributed by atoms with Crippen LogP contribution in [0.2, 0.25) is 0 Å². The summed E-state index contributed by atoms with van der Waals surface area (Å²) in [5, 5.41) is 2.94. The average molecular weight is 451 g/mol. The van der Waals surface area contributed by atoms with Gasteiger partial charge in [-0.2, -0.15) is 0 Å². The predicted octanol–water partition coefficient (Wildman–Crippen LogP) is 4.04. The number of fused-ring (bicyclic) bond motifs is 1. The predicted molar refractivity (Wildman–Crippen MR) is 124 cm³/mol. The van der Waals surface area contributed by atoms with Crippen molar-refractivity contribution in [1.29, 1.82) is 0 Å². The Morgan fingerprint density at radius 2 is 1.82 bits per heavy atom. The van der Waals surface area contributed by atoms with Crippen molar-refractivity contribution >= 4 is 17.6 Å². The number of amides is 2. The smallest absolute Gasteiger partial charge is 0.410 e. The zero-order chi connectivity index (χ0) is 23.4. The number of carbonyl (C=O) groups is 2. The van der Waals surface area contributed by atoms with Crippen molar-refractivity contribution in [2.75, 3.05) is 13.1 Å².